The molecule has 0 spiro atoms. The topological polar surface area (TPSA) is 66.5 Å². The third-order valence-electron chi connectivity index (χ3n) is 5.23. The van der Waals surface area contributed by atoms with Gasteiger partial charge in [0.25, 0.3) is 10.0 Å². The number of halogens is 1. The SMILES string of the molecule is C[C@@H](CNC(=O)CN1c2ccc(F)cc2-c2ccccc2S1(=O)=O)c1ccccc1. The van der Waals surface area contributed by atoms with Crippen molar-refractivity contribution < 1.29 is 17.6 Å². The minimum Gasteiger partial charge on any atom is -0.354 e. The van der Waals surface area contributed by atoms with Crippen molar-refractivity contribution in [3.63, 3.8) is 0 Å². The first-order valence-electron chi connectivity index (χ1n) is 9.61. The van der Waals surface area contributed by atoms with Gasteiger partial charge in [-0.05, 0) is 35.7 Å². The number of rotatable bonds is 5. The minimum absolute atomic E-state index is 0.0635. The molecule has 0 saturated heterocycles. The molecule has 0 bridgehead atoms. The minimum atomic E-state index is -3.94. The molecule has 1 heterocycles. The highest BCUT2D eigenvalue weighted by atomic mass is 32.2. The second-order valence-electron chi connectivity index (χ2n) is 7.29. The number of hydrogen-bond acceptors (Lipinski definition) is 3. The zero-order chi connectivity index (χ0) is 21.3. The van der Waals surface area contributed by atoms with Gasteiger partial charge in [-0.3, -0.25) is 9.10 Å². The van der Waals surface area contributed by atoms with Crippen molar-refractivity contribution in [3.8, 4) is 11.1 Å². The smallest absolute Gasteiger partial charge is 0.265 e. The fourth-order valence-electron chi connectivity index (χ4n) is 3.63. The highest BCUT2D eigenvalue weighted by molar-refractivity contribution is 7.93. The Morgan fingerprint density at radius 1 is 1.00 bits per heavy atom. The van der Waals surface area contributed by atoms with E-state index in [1.807, 2.05) is 37.3 Å². The summed E-state index contributed by atoms with van der Waals surface area (Å²) in [6.45, 7) is 1.99. The van der Waals surface area contributed by atoms with E-state index in [4.69, 9.17) is 0 Å². The fourth-order valence-corrected chi connectivity index (χ4v) is 5.28. The number of nitrogens with zero attached hydrogens (tertiary/aromatic N) is 1. The van der Waals surface area contributed by atoms with E-state index in [0.29, 0.717) is 23.4 Å². The van der Waals surface area contributed by atoms with Gasteiger partial charge in [0.2, 0.25) is 5.91 Å². The number of carbonyl (C=O) groups excluding carboxylic acids is 1. The van der Waals surface area contributed by atoms with Crippen molar-refractivity contribution in [2.75, 3.05) is 17.4 Å². The molecule has 0 radical (unpaired) electrons. The standard InChI is InChI=1S/C23H21FN2O3S/c1-16(17-7-3-2-4-8-17)14-25-23(27)15-26-21-12-11-18(24)13-20(21)19-9-5-6-10-22(19)30(26,28)29/h2-13,16H,14-15H2,1H3,(H,25,27)/t16-/m0/s1. The van der Waals surface area contributed by atoms with Crippen LogP contribution in [0.1, 0.15) is 18.4 Å². The van der Waals surface area contributed by atoms with E-state index in [2.05, 4.69) is 5.32 Å². The number of hydrogen-bond donors (Lipinski definition) is 1. The molecule has 7 heteroatoms. The van der Waals surface area contributed by atoms with Gasteiger partial charge in [0, 0.05) is 17.7 Å². The maximum atomic E-state index is 13.9. The van der Waals surface area contributed by atoms with Gasteiger partial charge in [0.05, 0.1) is 10.6 Å². The van der Waals surface area contributed by atoms with Crippen LogP contribution in [-0.2, 0) is 14.8 Å². The van der Waals surface area contributed by atoms with E-state index in [1.165, 1.54) is 24.3 Å². The molecule has 3 aromatic carbocycles. The molecule has 4 rings (SSSR count). The monoisotopic (exact) mass is 424 g/mol. The normalized spacial score (nSPS) is 15.1. The Balaban J connectivity index is 1.59. The highest BCUT2D eigenvalue weighted by Crippen LogP contribution is 2.42. The molecule has 0 aliphatic carbocycles. The van der Waals surface area contributed by atoms with Gasteiger partial charge in [-0.1, -0.05) is 55.5 Å². The summed E-state index contributed by atoms with van der Waals surface area (Å²) in [6.07, 6.45) is 0. The summed E-state index contributed by atoms with van der Waals surface area (Å²) in [5.74, 6) is -0.810. The molecular weight excluding hydrogens is 403 g/mol. The van der Waals surface area contributed by atoms with Crippen molar-refractivity contribution in [2.24, 2.45) is 0 Å². The first-order chi connectivity index (χ1) is 14.4. The zero-order valence-corrected chi connectivity index (χ0v) is 17.2. The maximum Gasteiger partial charge on any atom is 0.265 e. The number of nitrogens with one attached hydrogen (secondary N) is 1. The average Bonchev–Trinajstić information content (AvgIpc) is 2.76. The summed E-state index contributed by atoms with van der Waals surface area (Å²) in [6, 6.07) is 20.1. The van der Waals surface area contributed by atoms with Gasteiger partial charge in [-0.15, -0.1) is 0 Å². The second-order valence-corrected chi connectivity index (χ2v) is 9.12. The summed E-state index contributed by atoms with van der Waals surface area (Å²) in [5.41, 5.74) is 2.26. The molecule has 0 fully saturated rings. The lowest BCUT2D eigenvalue weighted by atomic mass is 10.0. The van der Waals surface area contributed by atoms with Crippen LogP contribution in [0.3, 0.4) is 0 Å². The molecule has 0 unspecified atom stereocenters. The molecule has 1 amide bonds. The fraction of sp³-hybridized carbons (Fsp3) is 0.174. The lowest BCUT2D eigenvalue weighted by Gasteiger charge is -2.31. The Labute approximate surface area is 175 Å². The van der Waals surface area contributed by atoms with Crippen molar-refractivity contribution in [3.05, 3.63) is 84.2 Å². The van der Waals surface area contributed by atoms with E-state index in [-0.39, 0.29) is 17.4 Å². The number of fused-ring (bicyclic) bond motifs is 3. The third kappa shape index (κ3) is 3.68. The van der Waals surface area contributed by atoms with Crippen molar-refractivity contribution in [1.82, 2.24) is 5.32 Å². The Bertz CT molecular complexity index is 1200. The van der Waals surface area contributed by atoms with Crippen LogP contribution < -0.4 is 9.62 Å². The van der Waals surface area contributed by atoms with Crippen LogP contribution in [0.2, 0.25) is 0 Å². The van der Waals surface area contributed by atoms with Crippen LogP contribution in [-0.4, -0.2) is 27.4 Å². The van der Waals surface area contributed by atoms with Gasteiger partial charge in [0.1, 0.15) is 12.4 Å². The number of benzene rings is 3. The van der Waals surface area contributed by atoms with E-state index in [9.17, 15) is 17.6 Å². The van der Waals surface area contributed by atoms with Crippen LogP contribution in [0.15, 0.2) is 77.7 Å². The quantitative estimate of drug-likeness (QED) is 0.675. The van der Waals surface area contributed by atoms with Gasteiger partial charge in [-0.2, -0.15) is 0 Å². The molecule has 154 valence electrons. The highest BCUT2D eigenvalue weighted by Gasteiger charge is 2.36. The van der Waals surface area contributed by atoms with E-state index in [1.54, 1.807) is 18.2 Å². The second kappa shape index (κ2) is 7.91. The van der Waals surface area contributed by atoms with Crippen LogP contribution in [0.5, 0.6) is 0 Å². The van der Waals surface area contributed by atoms with E-state index < -0.39 is 21.7 Å². The first kappa shape index (κ1) is 20.1. The summed E-state index contributed by atoms with van der Waals surface area (Å²) < 4.78 is 41.3. The number of anilines is 1. The van der Waals surface area contributed by atoms with Gasteiger partial charge in [0.15, 0.2) is 0 Å². The predicted molar refractivity (Wildman–Crippen MR) is 114 cm³/mol. The summed E-state index contributed by atoms with van der Waals surface area (Å²) >= 11 is 0. The zero-order valence-electron chi connectivity index (χ0n) is 16.4. The Kier molecular flexibility index (Phi) is 5.30. The Morgan fingerprint density at radius 3 is 2.47 bits per heavy atom. The van der Waals surface area contributed by atoms with Crippen molar-refractivity contribution in [2.45, 2.75) is 17.7 Å². The molecule has 1 atom stereocenters. The number of amides is 1. The lowest BCUT2D eigenvalue weighted by molar-refractivity contribution is -0.119. The summed E-state index contributed by atoms with van der Waals surface area (Å²) in [7, 11) is -3.94. The van der Waals surface area contributed by atoms with Crippen molar-refractivity contribution in [1.29, 1.82) is 0 Å². The average molecular weight is 424 g/mol. The summed E-state index contributed by atoms with van der Waals surface area (Å²) in [5, 5.41) is 2.81. The van der Waals surface area contributed by atoms with Crippen LogP contribution in [0.25, 0.3) is 11.1 Å². The molecule has 0 aromatic heterocycles. The van der Waals surface area contributed by atoms with Crippen LogP contribution in [0.4, 0.5) is 10.1 Å². The molecule has 1 aliphatic heterocycles. The van der Waals surface area contributed by atoms with E-state index >= 15 is 0 Å². The number of carbonyl (C=O) groups is 1. The summed E-state index contributed by atoms with van der Waals surface area (Å²) in [4.78, 5) is 12.7. The molecular formula is C23H21FN2O3S. The van der Waals surface area contributed by atoms with Gasteiger partial charge < -0.3 is 5.32 Å². The first-order valence-corrected chi connectivity index (χ1v) is 11.1. The Morgan fingerprint density at radius 2 is 1.70 bits per heavy atom. The lowest BCUT2D eigenvalue weighted by Crippen LogP contribution is -2.43. The Hall–Kier alpha value is -3.19. The third-order valence-corrected chi connectivity index (χ3v) is 7.05. The molecule has 3 aromatic rings. The molecule has 1 N–H and O–H groups in total. The van der Waals surface area contributed by atoms with Gasteiger partial charge >= 0.3 is 0 Å². The van der Waals surface area contributed by atoms with Crippen LogP contribution in [0, 0.1) is 5.82 Å². The predicted octanol–water partition coefficient (Wildman–Crippen LogP) is 3.92. The van der Waals surface area contributed by atoms with Crippen LogP contribution >= 0.6 is 0 Å². The molecule has 0 saturated carbocycles. The largest absolute Gasteiger partial charge is 0.354 e. The number of sulfonamides is 1. The maximum absolute atomic E-state index is 13.9. The van der Waals surface area contributed by atoms with E-state index in [0.717, 1.165) is 9.87 Å². The molecule has 5 nitrogen and oxygen atoms in total. The van der Waals surface area contributed by atoms with Crippen molar-refractivity contribution >= 4 is 21.6 Å². The van der Waals surface area contributed by atoms with Gasteiger partial charge in [-0.25, -0.2) is 12.8 Å². The molecule has 30 heavy (non-hydrogen) atoms. The molecule has 1 aliphatic rings.